The first kappa shape index (κ1) is 16.5. The van der Waals surface area contributed by atoms with Crippen molar-refractivity contribution in [2.75, 3.05) is 0 Å². The second kappa shape index (κ2) is 5.95. The normalized spacial score (nSPS) is 12.3. The van der Waals surface area contributed by atoms with Crippen LogP contribution >= 0.6 is 11.3 Å². The zero-order chi connectivity index (χ0) is 17.4. The third kappa shape index (κ3) is 3.44. The summed E-state index contributed by atoms with van der Waals surface area (Å²) in [4.78, 5) is 0.212. The Morgan fingerprint density at radius 2 is 1.79 bits per heavy atom. The lowest BCUT2D eigenvalue weighted by Gasteiger charge is -2.04. The van der Waals surface area contributed by atoms with Crippen LogP contribution in [0.1, 0.15) is 5.76 Å². The van der Waals surface area contributed by atoms with E-state index in [0.29, 0.717) is 6.07 Å². The number of halogens is 3. The van der Waals surface area contributed by atoms with E-state index in [1.165, 1.54) is 24.3 Å². The topological polar surface area (TPSA) is 69.4 Å². The number of thiophene rings is 1. The van der Waals surface area contributed by atoms with E-state index < -0.39 is 22.1 Å². The Labute approximate surface area is 138 Å². The maximum atomic E-state index is 12.5. The van der Waals surface area contributed by atoms with Gasteiger partial charge in [0.15, 0.2) is 4.21 Å². The molecule has 0 fully saturated rings. The van der Waals surface area contributed by atoms with Crippen LogP contribution in [0.25, 0.3) is 10.6 Å². The van der Waals surface area contributed by atoms with Crippen molar-refractivity contribution in [2.24, 2.45) is 0 Å². The quantitative estimate of drug-likeness (QED) is 0.640. The Bertz CT molecular complexity index is 946. The Morgan fingerprint density at radius 1 is 1.08 bits per heavy atom. The van der Waals surface area contributed by atoms with Gasteiger partial charge in [-0.05, 0) is 24.3 Å². The van der Waals surface area contributed by atoms with E-state index in [4.69, 9.17) is 4.18 Å². The molecule has 0 bridgehead atoms. The summed E-state index contributed by atoms with van der Waals surface area (Å²) in [5.74, 6) is -1.12. The molecule has 1 aromatic carbocycles. The number of nitrogens with zero attached hydrogens (tertiary/aromatic N) is 1. The highest BCUT2D eigenvalue weighted by Gasteiger charge is 2.36. The monoisotopic (exact) mass is 375 g/mol. The van der Waals surface area contributed by atoms with Crippen LogP contribution in [0.3, 0.4) is 0 Å². The molecule has 3 aromatic rings. The lowest BCUT2D eigenvalue weighted by Crippen LogP contribution is -2.07. The van der Waals surface area contributed by atoms with Crippen molar-refractivity contribution in [3.05, 3.63) is 54.3 Å². The third-order valence-corrected chi connectivity index (χ3v) is 5.62. The van der Waals surface area contributed by atoms with Gasteiger partial charge in [0, 0.05) is 6.07 Å². The maximum absolute atomic E-state index is 12.5. The highest BCUT2D eigenvalue weighted by molar-refractivity contribution is 7.89. The van der Waals surface area contributed by atoms with Crippen LogP contribution in [-0.4, -0.2) is 13.6 Å². The second-order valence-corrected chi connectivity index (χ2v) is 7.40. The third-order valence-electron chi connectivity index (χ3n) is 2.82. The minimum Gasteiger partial charge on any atom is -0.378 e. The molecule has 0 atom stereocenters. The van der Waals surface area contributed by atoms with Gasteiger partial charge in [-0.25, -0.2) is 0 Å². The Balaban J connectivity index is 1.86. The molecule has 0 radical (unpaired) electrons. The summed E-state index contributed by atoms with van der Waals surface area (Å²) in [7, 11) is -4.08. The maximum Gasteiger partial charge on any atom is 0.452 e. The van der Waals surface area contributed by atoms with Gasteiger partial charge in [-0.15, -0.1) is 11.3 Å². The van der Waals surface area contributed by atoms with Crippen molar-refractivity contribution >= 4 is 21.5 Å². The van der Waals surface area contributed by atoms with E-state index in [1.54, 1.807) is 18.2 Å². The Morgan fingerprint density at radius 3 is 2.42 bits per heavy atom. The fourth-order valence-electron chi connectivity index (χ4n) is 1.76. The van der Waals surface area contributed by atoms with Crippen LogP contribution in [0.15, 0.2) is 57.3 Å². The van der Waals surface area contributed by atoms with Crippen LogP contribution < -0.4 is 4.18 Å². The lowest BCUT2D eigenvalue weighted by atomic mass is 10.3. The minimum atomic E-state index is -4.66. The number of rotatable bonds is 4. The minimum absolute atomic E-state index is 0.103. The summed E-state index contributed by atoms with van der Waals surface area (Å²) >= 11 is 0.733. The molecule has 0 saturated carbocycles. The second-order valence-electron chi connectivity index (χ2n) is 4.54. The van der Waals surface area contributed by atoms with E-state index in [2.05, 4.69) is 9.68 Å². The van der Waals surface area contributed by atoms with Crippen molar-refractivity contribution in [2.45, 2.75) is 10.4 Å². The van der Waals surface area contributed by atoms with Gasteiger partial charge in [0.05, 0.1) is 4.88 Å². The van der Waals surface area contributed by atoms with Crippen molar-refractivity contribution in [3.8, 4) is 16.3 Å². The molecule has 0 unspecified atom stereocenters. The average molecular weight is 375 g/mol. The zero-order valence-corrected chi connectivity index (χ0v) is 13.3. The standard InChI is InChI=1S/C14H8F3NO4S2/c15-14(16,17)12-8-10(18-21-12)11-6-7-13(23-11)24(19,20)22-9-4-2-1-3-5-9/h1-8H. The first-order chi connectivity index (χ1) is 11.3. The number of benzene rings is 1. The van der Waals surface area contributed by atoms with Crippen LogP contribution in [0, 0.1) is 0 Å². The average Bonchev–Trinajstić information content (AvgIpc) is 3.17. The first-order valence-electron chi connectivity index (χ1n) is 6.39. The van der Waals surface area contributed by atoms with E-state index in [0.717, 1.165) is 11.3 Å². The van der Waals surface area contributed by atoms with Crippen molar-refractivity contribution in [3.63, 3.8) is 0 Å². The zero-order valence-electron chi connectivity index (χ0n) is 11.6. The summed E-state index contributed by atoms with van der Waals surface area (Å²) in [6, 6.07) is 11.1. The summed E-state index contributed by atoms with van der Waals surface area (Å²) in [5.41, 5.74) is -0.103. The number of para-hydroxylation sites is 1. The fraction of sp³-hybridized carbons (Fsp3) is 0.0714. The van der Waals surface area contributed by atoms with E-state index in [1.807, 2.05) is 0 Å². The summed E-state index contributed by atoms with van der Waals surface area (Å²) in [6.45, 7) is 0. The van der Waals surface area contributed by atoms with E-state index in [9.17, 15) is 21.6 Å². The molecule has 5 nitrogen and oxygen atoms in total. The summed E-state index contributed by atoms with van der Waals surface area (Å²) in [5, 5.41) is 3.31. The highest BCUT2D eigenvalue weighted by Crippen LogP contribution is 2.35. The molecule has 24 heavy (non-hydrogen) atoms. The van der Waals surface area contributed by atoms with E-state index >= 15 is 0 Å². The first-order valence-corrected chi connectivity index (χ1v) is 8.62. The largest absolute Gasteiger partial charge is 0.452 e. The SMILES string of the molecule is O=S(=O)(Oc1ccccc1)c1ccc(-c2cc(C(F)(F)F)on2)s1. The van der Waals surface area contributed by atoms with Crippen molar-refractivity contribution < 1.29 is 30.3 Å². The molecule has 3 rings (SSSR count). The number of alkyl halides is 3. The lowest BCUT2D eigenvalue weighted by molar-refractivity contribution is -0.155. The Hall–Kier alpha value is -2.33. The van der Waals surface area contributed by atoms with Gasteiger partial charge < -0.3 is 8.71 Å². The number of hydrogen-bond donors (Lipinski definition) is 0. The molecule has 0 amide bonds. The smallest absolute Gasteiger partial charge is 0.378 e. The molecule has 10 heteroatoms. The summed E-state index contributed by atoms with van der Waals surface area (Å²) < 4.78 is 70.9. The summed E-state index contributed by atoms with van der Waals surface area (Å²) in [6.07, 6.45) is -4.66. The molecule has 2 heterocycles. The van der Waals surface area contributed by atoms with Crippen LogP contribution in [-0.2, 0) is 16.3 Å². The molecule has 2 aromatic heterocycles. The van der Waals surface area contributed by atoms with Gasteiger partial charge in [0.2, 0.25) is 5.76 Å². The molecule has 0 aliphatic rings. The number of aromatic nitrogens is 1. The van der Waals surface area contributed by atoms with Gasteiger partial charge in [0.1, 0.15) is 11.4 Å². The molecule has 0 saturated heterocycles. The molecular formula is C14H8F3NO4S2. The molecule has 0 aliphatic carbocycles. The molecule has 0 aliphatic heterocycles. The van der Waals surface area contributed by atoms with Crippen LogP contribution in [0.2, 0.25) is 0 Å². The molecule has 0 spiro atoms. The molecule has 0 N–H and O–H groups in total. The Kier molecular flexibility index (Phi) is 4.10. The van der Waals surface area contributed by atoms with Gasteiger partial charge in [0.25, 0.3) is 0 Å². The van der Waals surface area contributed by atoms with Gasteiger partial charge in [-0.2, -0.15) is 21.6 Å². The van der Waals surface area contributed by atoms with Crippen molar-refractivity contribution in [1.82, 2.24) is 5.16 Å². The predicted molar refractivity (Wildman–Crippen MR) is 79.1 cm³/mol. The van der Waals surface area contributed by atoms with E-state index in [-0.39, 0.29) is 20.5 Å². The molecular weight excluding hydrogens is 367 g/mol. The van der Waals surface area contributed by atoms with Crippen LogP contribution in [0.5, 0.6) is 5.75 Å². The highest BCUT2D eigenvalue weighted by atomic mass is 32.3. The predicted octanol–water partition coefficient (Wildman–Crippen LogP) is 4.19. The van der Waals surface area contributed by atoms with Crippen LogP contribution in [0.4, 0.5) is 13.2 Å². The van der Waals surface area contributed by atoms with Crippen molar-refractivity contribution in [1.29, 1.82) is 0 Å². The van der Waals surface area contributed by atoms with Gasteiger partial charge in [-0.3, -0.25) is 0 Å². The van der Waals surface area contributed by atoms with Gasteiger partial charge in [-0.1, -0.05) is 23.4 Å². The number of hydrogen-bond acceptors (Lipinski definition) is 6. The fourth-order valence-corrected chi connectivity index (χ4v) is 3.91. The molecule has 126 valence electrons. The van der Waals surface area contributed by atoms with Gasteiger partial charge >= 0.3 is 16.3 Å².